The molecule has 1 aromatic heterocycles. The number of nitrogens with zero attached hydrogens (tertiary/aromatic N) is 3. The van der Waals surface area contributed by atoms with Gasteiger partial charge in [-0.15, -0.1) is 5.10 Å². The van der Waals surface area contributed by atoms with E-state index in [1.54, 1.807) is 36.4 Å². The molecule has 2 aromatic carbocycles. The van der Waals surface area contributed by atoms with Crippen LogP contribution in [0.1, 0.15) is 5.56 Å². The number of halogens is 3. The van der Waals surface area contributed by atoms with Crippen molar-refractivity contribution in [2.75, 3.05) is 6.61 Å². The van der Waals surface area contributed by atoms with Crippen molar-refractivity contribution in [2.24, 2.45) is 0 Å². The first-order valence-corrected chi connectivity index (χ1v) is 8.01. The number of hydrogen-bond donors (Lipinski definition) is 1. The first kappa shape index (κ1) is 16.8. The highest BCUT2D eigenvalue weighted by atomic mass is 35.5. The Bertz CT molecular complexity index is 898. The molecule has 6 nitrogen and oxygen atoms in total. The topological polar surface area (TPSA) is 69.0 Å². The molecule has 0 saturated heterocycles. The van der Waals surface area contributed by atoms with Crippen LogP contribution in [-0.2, 0) is 11.3 Å². The van der Waals surface area contributed by atoms with Gasteiger partial charge in [-0.25, -0.2) is 0 Å². The van der Waals surface area contributed by atoms with Gasteiger partial charge in [0, 0.05) is 21.6 Å². The van der Waals surface area contributed by atoms with Gasteiger partial charge in [0.2, 0.25) is 0 Å². The van der Waals surface area contributed by atoms with Crippen LogP contribution in [0, 0.1) is 0 Å². The van der Waals surface area contributed by atoms with Gasteiger partial charge in [-0.05, 0) is 41.1 Å². The van der Waals surface area contributed by atoms with E-state index in [9.17, 15) is 4.79 Å². The second-order valence-corrected chi connectivity index (χ2v) is 6.16. The molecule has 0 fully saturated rings. The Kier molecular flexibility index (Phi) is 5.08. The van der Waals surface area contributed by atoms with Crippen molar-refractivity contribution in [1.82, 2.24) is 20.5 Å². The van der Waals surface area contributed by atoms with Gasteiger partial charge < -0.3 is 10.2 Å². The summed E-state index contributed by atoms with van der Waals surface area (Å²) in [5.41, 5.74) is 1.95. The third-order valence-electron chi connectivity index (χ3n) is 3.19. The van der Waals surface area contributed by atoms with Crippen LogP contribution in [0.4, 0.5) is 0 Å². The van der Waals surface area contributed by atoms with Crippen molar-refractivity contribution in [3.8, 4) is 0 Å². The summed E-state index contributed by atoms with van der Waals surface area (Å²) < 4.78 is 0. The Labute approximate surface area is 152 Å². The molecule has 3 aromatic rings. The van der Waals surface area contributed by atoms with E-state index in [2.05, 4.69) is 15.6 Å². The standard InChI is InChI=1S/C15H11Cl3N4O2/c16-10-2-1-9(12(18)5-10)7-19-15(23)8-24-22-14-6-11(17)3-4-13(14)20-21-22/h1-6H,7-8H2,(H,19,23). The van der Waals surface area contributed by atoms with Gasteiger partial charge in [0.05, 0.1) is 0 Å². The van der Waals surface area contributed by atoms with E-state index in [0.717, 1.165) is 10.4 Å². The van der Waals surface area contributed by atoms with Crippen LogP contribution in [0.3, 0.4) is 0 Å². The molecular weight excluding hydrogens is 375 g/mol. The maximum atomic E-state index is 11.9. The first-order chi connectivity index (χ1) is 11.5. The molecule has 0 spiro atoms. The highest BCUT2D eigenvalue weighted by Gasteiger charge is 2.09. The van der Waals surface area contributed by atoms with Gasteiger partial charge >= 0.3 is 0 Å². The predicted molar refractivity (Wildman–Crippen MR) is 92.3 cm³/mol. The number of nitrogens with one attached hydrogen (secondary N) is 1. The molecule has 0 aliphatic rings. The minimum atomic E-state index is -0.327. The third-order valence-corrected chi connectivity index (χ3v) is 4.01. The van der Waals surface area contributed by atoms with Crippen molar-refractivity contribution >= 4 is 51.7 Å². The fourth-order valence-corrected chi connectivity index (χ4v) is 2.64. The average molecular weight is 386 g/mol. The summed E-state index contributed by atoms with van der Waals surface area (Å²) >= 11 is 17.8. The fraction of sp³-hybridized carbons (Fsp3) is 0.133. The van der Waals surface area contributed by atoms with Gasteiger partial charge in [0.1, 0.15) is 11.0 Å². The first-order valence-electron chi connectivity index (χ1n) is 6.88. The summed E-state index contributed by atoms with van der Waals surface area (Å²) in [4.78, 5) is 18.4. The van der Waals surface area contributed by atoms with Gasteiger partial charge in [-0.2, -0.15) is 0 Å². The maximum Gasteiger partial charge on any atom is 0.261 e. The van der Waals surface area contributed by atoms with Crippen molar-refractivity contribution in [3.05, 3.63) is 57.0 Å². The van der Waals surface area contributed by atoms with Gasteiger partial charge in [0.25, 0.3) is 5.91 Å². The molecule has 0 bridgehead atoms. The number of aromatic nitrogens is 3. The van der Waals surface area contributed by atoms with Crippen LogP contribution in [0.25, 0.3) is 11.0 Å². The zero-order chi connectivity index (χ0) is 17.1. The largest absolute Gasteiger partial charge is 0.385 e. The number of benzene rings is 2. The number of carbonyl (C=O) groups excluding carboxylic acids is 1. The molecule has 9 heteroatoms. The summed E-state index contributed by atoms with van der Waals surface area (Å²) in [7, 11) is 0. The number of fused-ring (bicyclic) bond motifs is 1. The summed E-state index contributed by atoms with van der Waals surface area (Å²) in [6.07, 6.45) is 0. The molecular formula is C15H11Cl3N4O2. The van der Waals surface area contributed by atoms with Crippen molar-refractivity contribution in [2.45, 2.75) is 6.54 Å². The Balaban J connectivity index is 1.58. The molecule has 1 heterocycles. The Morgan fingerprint density at radius 2 is 1.88 bits per heavy atom. The lowest BCUT2D eigenvalue weighted by atomic mass is 10.2. The van der Waals surface area contributed by atoms with E-state index >= 15 is 0 Å². The summed E-state index contributed by atoms with van der Waals surface area (Å²) in [5.74, 6) is -0.327. The molecule has 124 valence electrons. The lowest BCUT2D eigenvalue weighted by Crippen LogP contribution is -2.31. The zero-order valence-electron chi connectivity index (χ0n) is 12.2. The molecule has 0 unspecified atom stereocenters. The van der Waals surface area contributed by atoms with Crippen LogP contribution >= 0.6 is 34.8 Å². The average Bonchev–Trinajstić information content (AvgIpc) is 2.94. The lowest BCUT2D eigenvalue weighted by Gasteiger charge is -2.08. The fourth-order valence-electron chi connectivity index (χ4n) is 2.00. The second kappa shape index (κ2) is 7.25. The third kappa shape index (κ3) is 3.90. The van der Waals surface area contributed by atoms with Crippen LogP contribution < -0.4 is 10.2 Å². The smallest absolute Gasteiger partial charge is 0.261 e. The number of amides is 1. The van der Waals surface area contributed by atoms with Gasteiger partial charge in [-0.1, -0.05) is 45.7 Å². The lowest BCUT2D eigenvalue weighted by molar-refractivity contribution is -0.126. The SMILES string of the molecule is O=C(COn1nnc2ccc(Cl)cc21)NCc1ccc(Cl)cc1Cl. The quantitative estimate of drug-likeness (QED) is 0.732. The molecule has 0 atom stereocenters. The minimum Gasteiger partial charge on any atom is -0.385 e. The summed E-state index contributed by atoms with van der Waals surface area (Å²) in [5, 5.41) is 12.0. The van der Waals surface area contributed by atoms with Crippen LogP contribution in [-0.4, -0.2) is 27.7 Å². The Morgan fingerprint density at radius 3 is 2.67 bits per heavy atom. The zero-order valence-corrected chi connectivity index (χ0v) is 14.4. The van der Waals surface area contributed by atoms with Gasteiger partial charge in [-0.3, -0.25) is 4.79 Å². The number of hydrogen-bond acceptors (Lipinski definition) is 4. The molecule has 0 aliphatic heterocycles. The maximum absolute atomic E-state index is 11.9. The summed E-state index contributed by atoms with van der Waals surface area (Å²) in [6, 6.07) is 10.1. The highest BCUT2D eigenvalue weighted by molar-refractivity contribution is 6.35. The predicted octanol–water partition coefficient (Wildman–Crippen LogP) is 3.14. The molecule has 24 heavy (non-hydrogen) atoms. The van der Waals surface area contributed by atoms with Crippen LogP contribution in [0.5, 0.6) is 0 Å². The molecule has 1 N–H and O–H groups in total. The highest BCUT2D eigenvalue weighted by Crippen LogP contribution is 2.20. The number of carbonyl (C=O) groups is 1. The van der Waals surface area contributed by atoms with Gasteiger partial charge in [0.15, 0.2) is 6.61 Å². The monoisotopic (exact) mass is 384 g/mol. The van der Waals surface area contributed by atoms with E-state index in [1.165, 1.54) is 0 Å². The van der Waals surface area contributed by atoms with Crippen molar-refractivity contribution in [3.63, 3.8) is 0 Å². The van der Waals surface area contributed by atoms with E-state index in [0.29, 0.717) is 26.1 Å². The van der Waals surface area contributed by atoms with Crippen LogP contribution in [0.2, 0.25) is 15.1 Å². The van der Waals surface area contributed by atoms with E-state index in [1.807, 2.05) is 0 Å². The van der Waals surface area contributed by atoms with E-state index < -0.39 is 0 Å². The minimum absolute atomic E-state index is 0.226. The normalized spacial score (nSPS) is 10.8. The molecule has 1 amide bonds. The molecule has 0 saturated carbocycles. The number of rotatable bonds is 5. The van der Waals surface area contributed by atoms with Crippen molar-refractivity contribution < 1.29 is 9.63 Å². The summed E-state index contributed by atoms with van der Waals surface area (Å²) in [6.45, 7) is 0.0400. The van der Waals surface area contributed by atoms with Crippen LogP contribution in [0.15, 0.2) is 36.4 Å². The molecule has 0 aliphatic carbocycles. The molecule has 3 rings (SSSR count). The van der Waals surface area contributed by atoms with Crippen molar-refractivity contribution in [1.29, 1.82) is 0 Å². The second-order valence-electron chi connectivity index (χ2n) is 4.88. The Hall–Kier alpha value is -2.02. The Morgan fingerprint density at radius 1 is 1.12 bits per heavy atom. The molecule has 0 radical (unpaired) electrons. The van der Waals surface area contributed by atoms with E-state index in [-0.39, 0.29) is 19.1 Å². The van der Waals surface area contributed by atoms with E-state index in [4.69, 9.17) is 39.6 Å².